The minimum Gasteiger partial charge on any atom is -0.348 e. The number of ether oxygens (including phenoxy) is 2. The van der Waals surface area contributed by atoms with E-state index in [0.29, 0.717) is 47.7 Å². The monoisotopic (exact) mass is 509 g/mol. The summed E-state index contributed by atoms with van der Waals surface area (Å²) < 4.78 is 12.8. The summed E-state index contributed by atoms with van der Waals surface area (Å²) in [6.07, 6.45) is 4.89. The quantitative estimate of drug-likeness (QED) is 0.447. The largest absolute Gasteiger partial charge is 0.348 e. The van der Waals surface area contributed by atoms with E-state index < -0.39 is 0 Å². The fourth-order valence-electron chi connectivity index (χ4n) is 4.93. The second-order valence-electron chi connectivity index (χ2n) is 8.18. The molecule has 1 amide bonds. The molecule has 1 saturated heterocycles. The van der Waals surface area contributed by atoms with Crippen molar-refractivity contribution in [2.24, 2.45) is 0 Å². The number of benzene rings is 2. The van der Waals surface area contributed by atoms with Gasteiger partial charge in [0.05, 0.1) is 34.6 Å². The minimum absolute atomic E-state index is 0.0110. The van der Waals surface area contributed by atoms with Crippen LogP contribution in [0, 0.1) is 0 Å². The van der Waals surface area contributed by atoms with Gasteiger partial charge in [-0.2, -0.15) is 0 Å². The number of para-hydroxylation sites is 1. The lowest BCUT2D eigenvalue weighted by Gasteiger charge is -2.37. The van der Waals surface area contributed by atoms with Gasteiger partial charge >= 0.3 is 0 Å². The lowest BCUT2D eigenvalue weighted by atomic mass is 9.80. The molecule has 2 aliphatic heterocycles. The zero-order valence-electron chi connectivity index (χ0n) is 16.4. The van der Waals surface area contributed by atoms with E-state index in [9.17, 15) is 4.79 Å². The number of halogens is 3. The molecule has 30 heavy (non-hydrogen) atoms. The predicted octanol–water partition coefficient (Wildman–Crippen LogP) is 6.77. The van der Waals surface area contributed by atoms with Gasteiger partial charge in [0.25, 0.3) is 0 Å². The van der Waals surface area contributed by atoms with Crippen molar-refractivity contribution in [1.29, 1.82) is 0 Å². The van der Waals surface area contributed by atoms with Crippen LogP contribution in [0.3, 0.4) is 0 Å². The van der Waals surface area contributed by atoms with Crippen LogP contribution in [0.15, 0.2) is 34.8 Å². The van der Waals surface area contributed by atoms with Crippen molar-refractivity contribution in [3.8, 4) is 0 Å². The molecule has 1 aliphatic carbocycles. The molecule has 1 spiro atoms. The Bertz CT molecular complexity index is 976. The zero-order valence-corrected chi connectivity index (χ0v) is 19.5. The van der Waals surface area contributed by atoms with Gasteiger partial charge in [0.1, 0.15) is 0 Å². The standard InChI is InChI=1S/C23H22BrCl2NO3/c24-17-12-15(14-6-8-23(9-7-14)29-10-11-30-23)13-20-16(17)4-5-21(28)27(20)22-18(25)2-1-3-19(22)26/h1-3,12-14H,4-11H2. The molecule has 0 bridgehead atoms. The van der Waals surface area contributed by atoms with Crippen LogP contribution in [0.25, 0.3) is 0 Å². The first-order chi connectivity index (χ1) is 14.5. The molecule has 158 valence electrons. The maximum Gasteiger partial charge on any atom is 0.231 e. The summed E-state index contributed by atoms with van der Waals surface area (Å²) in [7, 11) is 0. The first-order valence-electron chi connectivity index (χ1n) is 10.3. The fourth-order valence-corrected chi connectivity index (χ4v) is 6.16. The third-order valence-electron chi connectivity index (χ3n) is 6.47. The van der Waals surface area contributed by atoms with Crippen molar-refractivity contribution in [1.82, 2.24) is 0 Å². The topological polar surface area (TPSA) is 38.8 Å². The van der Waals surface area contributed by atoms with Crippen LogP contribution in [0.5, 0.6) is 0 Å². The highest BCUT2D eigenvalue weighted by atomic mass is 79.9. The summed E-state index contributed by atoms with van der Waals surface area (Å²) in [5.74, 6) is 0.0252. The number of carbonyl (C=O) groups is 1. The van der Waals surface area contributed by atoms with Crippen LogP contribution in [-0.2, 0) is 20.7 Å². The van der Waals surface area contributed by atoms with Crippen LogP contribution in [-0.4, -0.2) is 24.9 Å². The van der Waals surface area contributed by atoms with Crippen molar-refractivity contribution in [2.45, 2.75) is 50.2 Å². The van der Waals surface area contributed by atoms with Crippen LogP contribution >= 0.6 is 39.1 Å². The Morgan fingerprint density at radius 2 is 1.70 bits per heavy atom. The molecule has 0 radical (unpaired) electrons. The van der Waals surface area contributed by atoms with E-state index in [2.05, 4.69) is 28.1 Å². The Kier molecular flexibility index (Phi) is 5.61. The van der Waals surface area contributed by atoms with Crippen LogP contribution in [0.4, 0.5) is 11.4 Å². The highest BCUT2D eigenvalue weighted by molar-refractivity contribution is 9.10. The average Bonchev–Trinajstić information content (AvgIpc) is 3.17. The van der Waals surface area contributed by atoms with Crippen molar-refractivity contribution in [3.63, 3.8) is 0 Å². The number of hydrogen-bond donors (Lipinski definition) is 0. The summed E-state index contributed by atoms with van der Waals surface area (Å²) in [5, 5.41) is 0.945. The number of carbonyl (C=O) groups excluding carboxylic acids is 1. The molecule has 7 heteroatoms. The number of anilines is 2. The number of rotatable bonds is 2. The normalized spacial score (nSPS) is 21.3. The Morgan fingerprint density at radius 3 is 2.37 bits per heavy atom. The van der Waals surface area contributed by atoms with Crippen molar-refractivity contribution < 1.29 is 14.3 Å². The molecular weight excluding hydrogens is 489 g/mol. The zero-order chi connectivity index (χ0) is 20.9. The molecule has 0 atom stereocenters. The molecule has 2 aromatic rings. The molecule has 2 fully saturated rings. The van der Waals surface area contributed by atoms with E-state index in [1.165, 1.54) is 5.56 Å². The Morgan fingerprint density at radius 1 is 1.03 bits per heavy atom. The minimum atomic E-state index is -0.380. The van der Waals surface area contributed by atoms with E-state index in [1.807, 2.05) is 0 Å². The molecule has 4 nitrogen and oxygen atoms in total. The Balaban J connectivity index is 1.52. The maximum atomic E-state index is 13.0. The van der Waals surface area contributed by atoms with Gasteiger partial charge in [-0.25, -0.2) is 0 Å². The molecule has 2 heterocycles. The van der Waals surface area contributed by atoms with Gasteiger partial charge in [0, 0.05) is 23.7 Å². The summed E-state index contributed by atoms with van der Waals surface area (Å²) in [6.45, 7) is 1.37. The smallest absolute Gasteiger partial charge is 0.231 e. The van der Waals surface area contributed by atoms with Gasteiger partial charge in [-0.15, -0.1) is 0 Å². The highest BCUT2D eigenvalue weighted by Crippen LogP contribution is 2.47. The van der Waals surface area contributed by atoms with Gasteiger partial charge in [-0.05, 0) is 60.6 Å². The van der Waals surface area contributed by atoms with Gasteiger partial charge < -0.3 is 9.47 Å². The third kappa shape index (κ3) is 3.59. The first kappa shape index (κ1) is 20.8. The number of nitrogens with zero attached hydrogens (tertiary/aromatic N) is 1. The molecule has 0 N–H and O–H groups in total. The van der Waals surface area contributed by atoms with Crippen LogP contribution in [0.2, 0.25) is 10.0 Å². The van der Waals surface area contributed by atoms with Gasteiger partial charge in [0.15, 0.2) is 5.79 Å². The van der Waals surface area contributed by atoms with Crippen LogP contribution < -0.4 is 4.90 Å². The molecule has 3 aliphatic rings. The number of hydrogen-bond acceptors (Lipinski definition) is 3. The molecule has 0 aromatic heterocycles. The number of fused-ring (bicyclic) bond motifs is 1. The van der Waals surface area contributed by atoms with E-state index in [0.717, 1.165) is 41.4 Å². The van der Waals surface area contributed by atoms with Gasteiger partial charge in [-0.3, -0.25) is 9.69 Å². The van der Waals surface area contributed by atoms with Crippen molar-refractivity contribution >= 4 is 56.4 Å². The average molecular weight is 511 g/mol. The van der Waals surface area contributed by atoms with Crippen molar-refractivity contribution in [3.05, 3.63) is 56.0 Å². The first-order valence-corrected chi connectivity index (χ1v) is 11.9. The lowest BCUT2D eigenvalue weighted by molar-refractivity contribution is -0.178. The van der Waals surface area contributed by atoms with E-state index in [-0.39, 0.29) is 11.7 Å². The van der Waals surface area contributed by atoms with E-state index in [1.54, 1.807) is 23.1 Å². The predicted molar refractivity (Wildman–Crippen MR) is 122 cm³/mol. The molecular formula is C23H22BrCl2NO3. The van der Waals surface area contributed by atoms with Crippen molar-refractivity contribution in [2.75, 3.05) is 18.1 Å². The highest BCUT2D eigenvalue weighted by Gasteiger charge is 2.41. The molecule has 1 saturated carbocycles. The lowest BCUT2D eigenvalue weighted by Crippen LogP contribution is -2.35. The van der Waals surface area contributed by atoms with Crippen LogP contribution in [0.1, 0.15) is 49.1 Å². The Hall–Kier alpha value is -1.11. The summed E-state index contributed by atoms with van der Waals surface area (Å²) in [4.78, 5) is 14.7. The van der Waals surface area contributed by atoms with E-state index in [4.69, 9.17) is 32.7 Å². The Labute approximate surface area is 194 Å². The fraction of sp³-hybridized carbons (Fsp3) is 0.435. The summed E-state index contributed by atoms with van der Waals surface area (Å²) >= 11 is 16.7. The SMILES string of the molecule is O=C1CCc2c(Br)cc(C3CCC4(CC3)OCCO4)cc2N1c1c(Cl)cccc1Cl. The third-order valence-corrected chi connectivity index (χ3v) is 7.78. The summed E-state index contributed by atoms with van der Waals surface area (Å²) in [5.41, 5.74) is 3.77. The maximum absolute atomic E-state index is 13.0. The molecule has 0 unspecified atom stereocenters. The van der Waals surface area contributed by atoms with Gasteiger partial charge in [0.2, 0.25) is 5.91 Å². The second-order valence-corrected chi connectivity index (χ2v) is 9.85. The number of amides is 1. The summed E-state index contributed by atoms with van der Waals surface area (Å²) in [6, 6.07) is 9.69. The van der Waals surface area contributed by atoms with Gasteiger partial charge in [-0.1, -0.05) is 45.2 Å². The molecule has 5 rings (SSSR count). The molecule has 2 aromatic carbocycles. The van der Waals surface area contributed by atoms with E-state index >= 15 is 0 Å². The second kappa shape index (κ2) is 8.10.